The van der Waals surface area contributed by atoms with Gasteiger partial charge in [0.2, 0.25) is 5.95 Å². The average molecular weight is 423 g/mol. The number of Topliss-reactive ketones (excluding diaryl/α,β-unsaturated/α-hetero) is 1. The first-order valence-electron chi connectivity index (χ1n) is 10.9. The molecule has 158 valence electrons. The zero-order valence-corrected chi connectivity index (χ0v) is 17.7. The molecule has 0 unspecified atom stereocenters. The largest absolute Gasteiger partial charge is 0.329 e. The molecule has 0 amide bonds. The van der Waals surface area contributed by atoms with Gasteiger partial charge in [0.15, 0.2) is 5.78 Å². The van der Waals surface area contributed by atoms with E-state index in [0.717, 1.165) is 40.2 Å². The van der Waals surface area contributed by atoms with Gasteiger partial charge >= 0.3 is 0 Å². The van der Waals surface area contributed by atoms with Crippen LogP contribution in [0.25, 0.3) is 11.0 Å². The average Bonchev–Trinajstić information content (AvgIpc) is 3.17. The third-order valence-electron chi connectivity index (χ3n) is 6.63. The maximum absolute atomic E-state index is 13.7. The molecule has 32 heavy (non-hydrogen) atoms. The first-order valence-corrected chi connectivity index (χ1v) is 10.9. The topological polar surface area (TPSA) is 46.9 Å². The minimum absolute atomic E-state index is 0.124. The van der Waals surface area contributed by atoms with Crippen molar-refractivity contribution in [3.05, 3.63) is 107 Å². The highest BCUT2D eigenvalue weighted by molar-refractivity contribution is 6.01. The van der Waals surface area contributed by atoms with Crippen LogP contribution in [0.3, 0.4) is 0 Å². The number of para-hydroxylation sites is 2. The summed E-state index contributed by atoms with van der Waals surface area (Å²) in [7, 11) is 0. The minimum atomic E-state index is -0.333. The van der Waals surface area contributed by atoms with E-state index in [1.165, 1.54) is 23.3 Å². The third-order valence-corrected chi connectivity index (χ3v) is 6.63. The number of hydrogen-bond donors (Lipinski definition) is 1. The Labute approximate surface area is 185 Å². The fraction of sp³-hybridized carbons (Fsp3) is 0.185. The molecule has 5 heteroatoms. The van der Waals surface area contributed by atoms with E-state index in [2.05, 4.69) is 41.1 Å². The van der Waals surface area contributed by atoms with E-state index in [-0.39, 0.29) is 23.6 Å². The van der Waals surface area contributed by atoms with Gasteiger partial charge in [0.1, 0.15) is 5.82 Å². The molecule has 0 fully saturated rings. The number of nitrogens with one attached hydrogen (secondary N) is 1. The predicted octanol–water partition coefficient (Wildman–Crippen LogP) is 5.90. The zero-order chi connectivity index (χ0) is 21.8. The predicted molar refractivity (Wildman–Crippen MR) is 123 cm³/mol. The van der Waals surface area contributed by atoms with E-state index >= 15 is 0 Å². The highest BCUT2D eigenvalue weighted by atomic mass is 19.1. The van der Waals surface area contributed by atoms with Gasteiger partial charge in [-0.3, -0.25) is 9.36 Å². The third kappa shape index (κ3) is 2.96. The van der Waals surface area contributed by atoms with Gasteiger partial charge in [-0.25, -0.2) is 9.37 Å². The van der Waals surface area contributed by atoms with E-state index < -0.39 is 0 Å². The van der Waals surface area contributed by atoms with Crippen LogP contribution < -0.4 is 5.32 Å². The molecule has 1 aromatic heterocycles. The van der Waals surface area contributed by atoms with Crippen LogP contribution in [0, 0.1) is 12.7 Å². The molecule has 6 rings (SSSR count). The lowest BCUT2D eigenvalue weighted by atomic mass is 9.77. The Balaban J connectivity index is 1.51. The molecule has 1 aliphatic heterocycles. The van der Waals surface area contributed by atoms with E-state index in [1.807, 2.05) is 24.3 Å². The number of halogens is 1. The Kier molecular flexibility index (Phi) is 4.25. The number of aromatic nitrogens is 2. The van der Waals surface area contributed by atoms with Gasteiger partial charge in [0.25, 0.3) is 0 Å². The van der Waals surface area contributed by atoms with Crippen molar-refractivity contribution < 1.29 is 9.18 Å². The minimum Gasteiger partial charge on any atom is -0.329 e. The Bertz CT molecular complexity index is 1380. The summed E-state index contributed by atoms with van der Waals surface area (Å²) < 4.78 is 15.8. The SMILES string of the molecule is Cc1ccc([C@@H]2CC(=O)C3=C(C2)Nc2nc4ccccc4n2[C@H]3c2ccc(F)cc2)cc1. The summed E-state index contributed by atoms with van der Waals surface area (Å²) in [5.41, 5.74) is 6.76. The van der Waals surface area contributed by atoms with Gasteiger partial charge in [0, 0.05) is 17.7 Å². The molecule has 1 aliphatic carbocycles. The zero-order valence-electron chi connectivity index (χ0n) is 17.7. The van der Waals surface area contributed by atoms with Crippen LogP contribution in [-0.2, 0) is 4.79 Å². The monoisotopic (exact) mass is 423 g/mol. The highest BCUT2D eigenvalue weighted by Crippen LogP contribution is 2.45. The number of anilines is 1. The second-order valence-electron chi connectivity index (χ2n) is 8.70. The standard InChI is InChI=1S/C27H22FN3O/c1-16-6-8-17(9-7-16)19-14-22-25(24(32)15-19)26(18-10-12-20(28)13-11-18)31-23-5-3-2-4-21(23)29-27(31)30-22/h2-13,19,26H,14-15H2,1H3,(H,29,30)/t19-,26-/m0/s1. The summed E-state index contributed by atoms with van der Waals surface area (Å²) in [4.78, 5) is 18.4. The Hall–Kier alpha value is -3.73. The highest BCUT2D eigenvalue weighted by Gasteiger charge is 2.39. The van der Waals surface area contributed by atoms with Crippen LogP contribution in [0.2, 0.25) is 0 Å². The number of nitrogens with zero attached hydrogens (tertiary/aromatic N) is 2. The van der Waals surface area contributed by atoms with Crippen LogP contribution in [0.5, 0.6) is 0 Å². The number of fused-ring (bicyclic) bond motifs is 3. The molecule has 0 saturated carbocycles. The molecular weight excluding hydrogens is 401 g/mol. The van der Waals surface area contributed by atoms with Gasteiger partial charge in [0.05, 0.1) is 17.1 Å². The Morgan fingerprint density at radius 3 is 2.44 bits per heavy atom. The number of hydrogen-bond acceptors (Lipinski definition) is 3. The van der Waals surface area contributed by atoms with Crippen LogP contribution >= 0.6 is 0 Å². The Morgan fingerprint density at radius 1 is 0.938 bits per heavy atom. The number of allylic oxidation sites excluding steroid dienone is 2. The number of carbonyl (C=O) groups excluding carboxylic acids is 1. The van der Waals surface area contributed by atoms with Crippen molar-refractivity contribution in [1.29, 1.82) is 0 Å². The lowest BCUT2D eigenvalue weighted by molar-refractivity contribution is -0.116. The van der Waals surface area contributed by atoms with Crippen molar-refractivity contribution >= 4 is 22.8 Å². The van der Waals surface area contributed by atoms with Crippen LogP contribution in [-0.4, -0.2) is 15.3 Å². The summed E-state index contributed by atoms with van der Waals surface area (Å²) in [6.07, 6.45) is 1.20. The van der Waals surface area contributed by atoms with E-state index in [1.54, 1.807) is 12.1 Å². The van der Waals surface area contributed by atoms with Crippen molar-refractivity contribution in [1.82, 2.24) is 9.55 Å². The molecule has 4 nitrogen and oxygen atoms in total. The van der Waals surface area contributed by atoms with E-state index in [4.69, 9.17) is 4.98 Å². The Morgan fingerprint density at radius 2 is 1.66 bits per heavy atom. The van der Waals surface area contributed by atoms with Gasteiger partial charge in [-0.05, 0) is 54.7 Å². The summed E-state index contributed by atoms with van der Waals surface area (Å²) in [5, 5.41) is 3.48. The fourth-order valence-electron chi connectivity index (χ4n) is 5.06. The van der Waals surface area contributed by atoms with Gasteiger partial charge < -0.3 is 5.32 Å². The second kappa shape index (κ2) is 7.16. The molecule has 2 aliphatic rings. The number of carbonyl (C=O) groups is 1. The summed E-state index contributed by atoms with van der Waals surface area (Å²) in [6.45, 7) is 2.07. The van der Waals surface area contributed by atoms with Crippen molar-refractivity contribution in [2.45, 2.75) is 31.7 Å². The first kappa shape index (κ1) is 19.0. The normalized spacial score (nSPS) is 20.1. The summed E-state index contributed by atoms with van der Waals surface area (Å²) >= 11 is 0. The first-order chi connectivity index (χ1) is 15.6. The smallest absolute Gasteiger partial charge is 0.209 e. The van der Waals surface area contributed by atoms with Crippen LogP contribution in [0.1, 0.15) is 41.5 Å². The number of rotatable bonds is 2. The molecule has 1 N–H and O–H groups in total. The maximum atomic E-state index is 13.7. The van der Waals surface area contributed by atoms with Crippen molar-refractivity contribution in [3.63, 3.8) is 0 Å². The molecule has 2 heterocycles. The van der Waals surface area contributed by atoms with Crippen molar-refractivity contribution in [2.24, 2.45) is 0 Å². The molecule has 4 aromatic rings. The lowest BCUT2D eigenvalue weighted by Gasteiger charge is -2.36. The lowest BCUT2D eigenvalue weighted by Crippen LogP contribution is -2.33. The molecular formula is C27H22FN3O. The van der Waals surface area contributed by atoms with E-state index in [0.29, 0.717) is 6.42 Å². The molecule has 0 bridgehead atoms. The number of aryl methyl sites for hydroxylation is 1. The van der Waals surface area contributed by atoms with Crippen LogP contribution in [0.15, 0.2) is 84.1 Å². The van der Waals surface area contributed by atoms with Gasteiger partial charge in [-0.15, -0.1) is 0 Å². The number of imidazole rings is 1. The maximum Gasteiger partial charge on any atom is 0.209 e. The molecule has 2 atom stereocenters. The molecule has 0 radical (unpaired) electrons. The molecule has 0 spiro atoms. The summed E-state index contributed by atoms with van der Waals surface area (Å²) in [6, 6.07) is 22.5. The quantitative estimate of drug-likeness (QED) is 0.437. The van der Waals surface area contributed by atoms with Gasteiger partial charge in [-0.1, -0.05) is 54.1 Å². The fourth-order valence-corrected chi connectivity index (χ4v) is 5.06. The van der Waals surface area contributed by atoms with Crippen molar-refractivity contribution in [2.75, 3.05) is 5.32 Å². The number of benzene rings is 3. The number of ketones is 1. The van der Waals surface area contributed by atoms with Crippen LogP contribution in [0.4, 0.5) is 10.3 Å². The molecule has 0 saturated heterocycles. The van der Waals surface area contributed by atoms with Crippen molar-refractivity contribution in [3.8, 4) is 0 Å². The van der Waals surface area contributed by atoms with E-state index in [9.17, 15) is 9.18 Å². The second-order valence-corrected chi connectivity index (χ2v) is 8.70. The van der Waals surface area contributed by atoms with Gasteiger partial charge in [-0.2, -0.15) is 0 Å². The molecule has 3 aromatic carbocycles. The summed E-state index contributed by atoms with van der Waals surface area (Å²) in [5.74, 6) is 0.680.